The monoisotopic (exact) mass is 336 g/mol. The SMILES string of the molecule is N#Cc1ccc(OCCSc2nccn2Cc2ccccn2)cc1. The fourth-order valence-electron chi connectivity index (χ4n) is 2.14. The van der Waals surface area contributed by atoms with Gasteiger partial charge in [0.2, 0.25) is 0 Å². The van der Waals surface area contributed by atoms with Crippen LogP contribution in [0.15, 0.2) is 66.2 Å². The molecule has 0 N–H and O–H groups in total. The molecule has 1 aromatic carbocycles. The minimum Gasteiger partial charge on any atom is -0.493 e. The van der Waals surface area contributed by atoms with Crippen LogP contribution in [0, 0.1) is 11.3 Å². The van der Waals surface area contributed by atoms with Crippen LogP contribution in [0.4, 0.5) is 0 Å². The molecule has 0 aliphatic heterocycles. The third-order valence-electron chi connectivity index (χ3n) is 3.30. The second-order valence-electron chi connectivity index (χ2n) is 4.99. The van der Waals surface area contributed by atoms with Crippen LogP contribution in [0.3, 0.4) is 0 Å². The molecule has 0 aliphatic carbocycles. The smallest absolute Gasteiger partial charge is 0.168 e. The van der Waals surface area contributed by atoms with Crippen molar-refractivity contribution in [3.8, 4) is 11.8 Å². The van der Waals surface area contributed by atoms with Crippen LogP contribution >= 0.6 is 11.8 Å². The Balaban J connectivity index is 1.49. The second kappa shape index (κ2) is 8.18. The molecule has 0 radical (unpaired) electrons. The zero-order valence-electron chi connectivity index (χ0n) is 13.0. The summed E-state index contributed by atoms with van der Waals surface area (Å²) in [6, 6.07) is 15.1. The number of benzene rings is 1. The van der Waals surface area contributed by atoms with Crippen molar-refractivity contribution in [2.24, 2.45) is 0 Å². The molecule has 24 heavy (non-hydrogen) atoms. The summed E-state index contributed by atoms with van der Waals surface area (Å²) in [4.78, 5) is 8.73. The fraction of sp³-hybridized carbons (Fsp3) is 0.167. The van der Waals surface area contributed by atoms with E-state index in [-0.39, 0.29) is 0 Å². The number of hydrogen-bond acceptors (Lipinski definition) is 5. The van der Waals surface area contributed by atoms with Crippen LogP contribution in [0.2, 0.25) is 0 Å². The molecule has 0 unspecified atom stereocenters. The summed E-state index contributed by atoms with van der Waals surface area (Å²) in [5, 5.41) is 9.72. The largest absolute Gasteiger partial charge is 0.493 e. The van der Waals surface area contributed by atoms with E-state index in [2.05, 4.69) is 20.6 Å². The first-order valence-corrected chi connectivity index (χ1v) is 8.50. The number of hydrogen-bond donors (Lipinski definition) is 0. The Morgan fingerprint density at radius 2 is 1.96 bits per heavy atom. The zero-order valence-corrected chi connectivity index (χ0v) is 13.8. The first kappa shape index (κ1) is 16.1. The Kier molecular flexibility index (Phi) is 5.48. The first-order valence-electron chi connectivity index (χ1n) is 7.52. The maximum absolute atomic E-state index is 8.77. The van der Waals surface area contributed by atoms with Crippen LogP contribution in [0.5, 0.6) is 5.75 Å². The summed E-state index contributed by atoms with van der Waals surface area (Å²) < 4.78 is 7.76. The van der Waals surface area contributed by atoms with E-state index in [1.807, 2.05) is 36.5 Å². The van der Waals surface area contributed by atoms with Gasteiger partial charge < -0.3 is 9.30 Å². The highest BCUT2D eigenvalue weighted by atomic mass is 32.2. The average molecular weight is 336 g/mol. The molecule has 0 fully saturated rings. The molecule has 5 nitrogen and oxygen atoms in total. The van der Waals surface area contributed by atoms with Crippen molar-refractivity contribution in [3.63, 3.8) is 0 Å². The van der Waals surface area contributed by atoms with Crippen LogP contribution in [0.25, 0.3) is 0 Å². The van der Waals surface area contributed by atoms with Crippen molar-refractivity contribution < 1.29 is 4.74 Å². The number of aromatic nitrogens is 3. The summed E-state index contributed by atoms with van der Waals surface area (Å²) in [7, 11) is 0. The fourth-order valence-corrected chi connectivity index (χ4v) is 2.92. The number of pyridine rings is 1. The van der Waals surface area contributed by atoms with Crippen molar-refractivity contribution in [3.05, 3.63) is 72.3 Å². The van der Waals surface area contributed by atoms with E-state index in [1.54, 1.807) is 36.3 Å². The summed E-state index contributed by atoms with van der Waals surface area (Å²) in [5.41, 5.74) is 1.64. The van der Waals surface area contributed by atoms with Gasteiger partial charge in [-0.1, -0.05) is 17.8 Å². The Morgan fingerprint density at radius 1 is 1.08 bits per heavy atom. The van der Waals surface area contributed by atoms with Gasteiger partial charge in [-0.3, -0.25) is 4.98 Å². The number of thioether (sulfide) groups is 1. The van der Waals surface area contributed by atoms with E-state index < -0.39 is 0 Å². The zero-order chi connectivity index (χ0) is 16.6. The Bertz CT molecular complexity index is 809. The third-order valence-corrected chi connectivity index (χ3v) is 4.27. The van der Waals surface area contributed by atoms with Gasteiger partial charge in [0, 0.05) is 24.3 Å². The summed E-state index contributed by atoms with van der Waals surface area (Å²) >= 11 is 1.65. The first-order chi connectivity index (χ1) is 11.8. The van der Waals surface area contributed by atoms with Crippen molar-refractivity contribution >= 4 is 11.8 Å². The van der Waals surface area contributed by atoms with Gasteiger partial charge in [-0.15, -0.1) is 0 Å². The molecule has 2 aromatic heterocycles. The van der Waals surface area contributed by atoms with E-state index in [1.165, 1.54) is 0 Å². The van der Waals surface area contributed by atoms with Crippen molar-refractivity contribution in [1.29, 1.82) is 5.26 Å². The number of ether oxygens (including phenoxy) is 1. The molecule has 3 rings (SSSR count). The second-order valence-corrected chi connectivity index (χ2v) is 6.05. The summed E-state index contributed by atoms with van der Waals surface area (Å²) in [5.74, 6) is 1.56. The van der Waals surface area contributed by atoms with Crippen LogP contribution in [-0.4, -0.2) is 26.9 Å². The number of nitriles is 1. The minimum atomic E-state index is 0.576. The van der Waals surface area contributed by atoms with Gasteiger partial charge in [0.05, 0.1) is 30.5 Å². The van der Waals surface area contributed by atoms with Gasteiger partial charge in [0.15, 0.2) is 5.16 Å². The van der Waals surface area contributed by atoms with E-state index in [9.17, 15) is 0 Å². The molecule has 0 aliphatic rings. The van der Waals surface area contributed by atoms with Crippen molar-refractivity contribution in [2.45, 2.75) is 11.7 Å². The highest BCUT2D eigenvalue weighted by molar-refractivity contribution is 7.99. The van der Waals surface area contributed by atoms with E-state index in [0.29, 0.717) is 18.7 Å². The molecule has 6 heteroatoms. The quantitative estimate of drug-likeness (QED) is 0.489. The van der Waals surface area contributed by atoms with E-state index in [4.69, 9.17) is 10.00 Å². The van der Waals surface area contributed by atoms with Crippen molar-refractivity contribution in [2.75, 3.05) is 12.4 Å². The summed E-state index contributed by atoms with van der Waals surface area (Å²) in [6.07, 6.45) is 5.55. The average Bonchev–Trinajstić information content (AvgIpc) is 3.07. The van der Waals surface area contributed by atoms with Gasteiger partial charge >= 0.3 is 0 Å². The van der Waals surface area contributed by atoms with Crippen molar-refractivity contribution in [1.82, 2.24) is 14.5 Å². The lowest BCUT2D eigenvalue weighted by molar-refractivity contribution is 0.344. The topological polar surface area (TPSA) is 63.7 Å². The maximum atomic E-state index is 8.77. The molecule has 0 saturated carbocycles. The molecular weight excluding hydrogens is 320 g/mol. The van der Waals surface area contributed by atoms with Gasteiger partial charge in [-0.25, -0.2) is 4.98 Å². The standard InChI is InChI=1S/C18H16N4OS/c19-13-15-4-6-17(7-5-15)23-11-12-24-18-21-9-10-22(18)14-16-3-1-2-8-20-16/h1-10H,11-12,14H2. The van der Waals surface area contributed by atoms with E-state index in [0.717, 1.165) is 22.4 Å². The third kappa shape index (κ3) is 4.37. The molecule has 0 atom stereocenters. The molecule has 0 amide bonds. The molecule has 0 spiro atoms. The normalized spacial score (nSPS) is 10.3. The number of rotatable bonds is 7. The van der Waals surface area contributed by atoms with Gasteiger partial charge in [-0.2, -0.15) is 5.26 Å². The van der Waals surface area contributed by atoms with E-state index >= 15 is 0 Å². The van der Waals surface area contributed by atoms with Gasteiger partial charge in [-0.05, 0) is 36.4 Å². The Labute approximate surface area is 144 Å². The summed E-state index contributed by atoms with van der Waals surface area (Å²) in [6.45, 7) is 1.28. The lowest BCUT2D eigenvalue weighted by atomic mass is 10.2. The van der Waals surface area contributed by atoms with Gasteiger partial charge in [0.1, 0.15) is 5.75 Å². The lowest BCUT2D eigenvalue weighted by Gasteiger charge is -2.08. The van der Waals surface area contributed by atoms with Crippen LogP contribution in [0.1, 0.15) is 11.3 Å². The molecule has 2 heterocycles. The predicted molar refractivity (Wildman–Crippen MR) is 92.9 cm³/mol. The highest BCUT2D eigenvalue weighted by Crippen LogP contribution is 2.18. The maximum Gasteiger partial charge on any atom is 0.168 e. The molecule has 3 aromatic rings. The highest BCUT2D eigenvalue weighted by Gasteiger charge is 2.05. The Hall–Kier alpha value is -2.78. The molecule has 0 bridgehead atoms. The molecule has 120 valence electrons. The predicted octanol–water partition coefficient (Wildman–Crippen LogP) is 3.37. The lowest BCUT2D eigenvalue weighted by Crippen LogP contribution is -2.04. The molecule has 0 saturated heterocycles. The molecular formula is C18H16N4OS. The Morgan fingerprint density at radius 3 is 2.71 bits per heavy atom. The van der Waals surface area contributed by atoms with Gasteiger partial charge in [0.25, 0.3) is 0 Å². The number of imidazole rings is 1. The van der Waals surface area contributed by atoms with Crippen LogP contribution in [-0.2, 0) is 6.54 Å². The number of nitrogens with zero attached hydrogens (tertiary/aromatic N) is 4. The minimum absolute atomic E-state index is 0.576. The van der Waals surface area contributed by atoms with Crippen LogP contribution < -0.4 is 4.74 Å².